The second-order valence-corrected chi connectivity index (χ2v) is 27.2. The molecule has 4 rings (SSSR count). The van der Waals surface area contributed by atoms with Crippen LogP contribution < -0.4 is 4.74 Å². The predicted octanol–water partition coefficient (Wildman–Crippen LogP) is 12.3. The zero-order chi connectivity index (χ0) is 37.9. The first kappa shape index (κ1) is 41.4. The minimum atomic E-state index is -6.40. The molecule has 286 valence electrons. The number of rotatable bonds is 13. The Morgan fingerprint density at radius 1 is 0.980 bits per heavy atom. The molecular weight excluding hydrogens is 694 g/mol. The number of unbranched alkanes of at least 4 members (excludes halogenated alkanes) is 1. The van der Waals surface area contributed by atoms with Gasteiger partial charge in [-0.05, 0) is 135 Å². The summed E-state index contributed by atoms with van der Waals surface area (Å²) in [7, 11) is -3.42. The van der Waals surface area contributed by atoms with Crippen molar-refractivity contribution in [1.29, 1.82) is 0 Å². The Labute approximate surface area is 297 Å². The van der Waals surface area contributed by atoms with Gasteiger partial charge in [0.2, 0.25) is 0 Å². The molecule has 0 amide bonds. The van der Waals surface area contributed by atoms with Gasteiger partial charge in [0.15, 0.2) is 16.6 Å². The van der Waals surface area contributed by atoms with E-state index in [9.17, 15) is 22.0 Å². The molecule has 2 fully saturated rings. The summed E-state index contributed by atoms with van der Waals surface area (Å²) in [6.45, 7) is 22.6. The van der Waals surface area contributed by atoms with Gasteiger partial charge < -0.3 is 13.6 Å². The average molecular weight is 753 g/mol. The lowest BCUT2D eigenvalue weighted by Crippen LogP contribution is -2.59. The molecule has 12 heteroatoms. The monoisotopic (exact) mass is 752 g/mol. The number of alkyl halides is 7. The third-order valence-corrected chi connectivity index (χ3v) is 18.2. The van der Waals surface area contributed by atoms with E-state index >= 15 is 8.78 Å². The smallest absolute Gasteiger partial charge is 0.459 e. The van der Waals surface area contributed by atoms with Gasteiger partial charge in [0, 0.05) is 0 Å². The lowest BCUT2D eigenvalue weighted by atomic mass is 9.44. The predicted molar refractivity (Wildman–Crippen MR) is 190 cm³/mol. The molecule has 50 heavy (non-hydrogen) atoms. The fourth-order valence-corrected chi connectivity index (χ4v) is 12.0. The minimum absolute atomic E-state index is 0.0243. The van der Waals surface area contributed by atoms with E-state index in [2.05, 4.69) is 65.6 Å². The average Bonchev–Trinajstić information content (AvgIpc) is 3.31. The van der Waals surface area contributed by atoms with Crippen LogP contribution in [-0.4, -0.2) is 54.0 Å². The molecule has 1 aromatic rings. The van der Waals surface area contributed by atoms with Gasteiger partial charge in [-0.25, -0.2) is 0 Å². The van der Waals surface area contributed by atoms with Crippen LogP contribution in [0.4, 0.5) is 30.7 Å². The van der Waals surface area contributed by atoms with Crippen molar-refractivity contribution in [3.05, 3.63) is 42.0 Å². The van der Waals surface area contributed by atoms with E-state index in [1.807, 2.05) is 6.07 Å². The van der Waals surface area contributed by atoms with E-state index in [-0.39, 0.29) is 40.2 Å². The van der Waals surface area contributed by atoms with Crippen LogP contribution in [-0.2, 0) is 15.3 Å². The maximum atomic E-state index is 15.1. The summed E-state index contributed by atoms with van der Waals surface area (Å²) < 4.78 is 116. The standard InChI is InChI=1S/C38H59F7O3Si2/c1-12-35-22-21-25-23-27(46-6)17-18-28(25)32(35)26(24-34(5)29(35)19-20-30(34)48-50(10,11)33(2,3)4)15-13-14-16-31(47-49(7,8)9)36(39,40)37(41,42)38(43,44)45/h12,17-18,23,26,29-32H,1,13-16,19-22,24H2,2-11H3/t26-,29+,30-,31+,32+,34-,35+/m0/s1. The maximum absolute atomic E-state index is 15.1. The number of halogens is 7. The first-order valence-electron chi connectivity index (χ1n) is 18.2. The molecular formula is C38H59F7O3Si2. The van der Waals surface area contributed by atoms with Crippen molar-refractivity contribution < 1.29 is 44.3 Å². The molecule has 0 radical (unpaired) electrons. The third-order valence-electron chi connectivity index (χ3n) is 12.8. The number of hydrogen-bond acceptors (Lipinski definition) is 3. The topological polar surface area (TPSA) is 27.7 Å². The van der Waals surface area contributed by atoms with Crippen molar-refractivity contribution in [1.82, 2.24) is 0 Å². The van der Waals surface area contributed by atoms with Gasteiger partial charge in [-0.1, -0.05) is 52.7 Å². The Kier molecular flexibility index (Phi) is 11.4. The van der Waals surface area contributed by atoms with Crippen LogP contribution in [0.1, 0.15) is 96.1 Å². The SMILES string of the molecule is C=C[C@]12CCc3cc(OC)ccc3[C@H]1[C@@H](CCCC[C@@H](O[Si](C)(C)C)C(F)(F)C(F)(F)C(F)(F)F)C[C@]1(C)[C@@H](O[Si](C)(C)C(C)(C)C)CC[C@H]12. The third kappa shape index (κ3) is 7.39. The molecule has 3 aliphatic carbocycles. The molecule has 3 aliphatic rings. The van der Waals surface area contributed by atoms with Crippen LogP contribution in [0.5, 0.6) is 5.75 Å². The van der Waals surface area contributed by atoms with Gasteiger partial charge in [0.05, 0.1) is 13.2 Å². The van der Waals surface area contributed by atoms with E-state index in [4.69, 9.17) is 13.6 Å². The van der Waals surface area contributed by atoms with Gasteiger partial charge in [-0.2, -0.15) is 30.7 Å². The van der Waals surface area contributed by atoms with Crippen LogP contribution >= 0.6 is 0 Å². The first-order chi connectivity index (χ1) is 22.7. The largest absolute Gasteiger partial charge is 0.497 e. The molecule has 0 saturated heterocycles. The number of fused-ring (bicyclic) bond motifs is 5. The zero-order valence-corrected chi connectivity index (χ0v) is 33.6. The minimum Gasteiger partial charge on any atom is -0.497 e. The van der Waals surface area contributed by atoms with Gasteiger partial charge >= 0.3 is 18.0 Å². The molecule has 2 saturated carbocycles. The highest BCUT2D eigenvalue weighted by molar-refractivity contribution is 6.74. The van der Waals surface area contributed by atoms with E-state index in [0.29, 0.717) is 18.8 Å². The second kappa shape index (κ2) is 13.8. The van der Waals surface area contributed by atoms with Crippen LogP contribution in [0.15, 0.2) is 30.9 Å². The lowest BCUT2D eigenvalue weighted by molar-refractivity contribution is -0.369. The fraction of sp³-hybridized carbons (Fsp3) is 0.789. The van der Waals surface area contributed by atoms with Crippen molar-refractivity contribution in [2.75, 3.05) is 7.11 Å². The van der Waals surface area contributed by atoms with Crippen LogP contribution in [0.25, 0.3) is 0 Å². The summed E-state index contributed by atoms with van der Waals surface area (Å²) in [6, 6.07) is 6.20. The van der Waals surface area contributed by atoms with Crippen molar-refractivity contribution in [2.24, 2.45) is 22.7 Å². The summed E-state index contributed by atoms with van der Waals surface area (Å²) in [6.07, 6.45) is -1.79. The number of ether oxygens (including phenoxy) is 1. The van der Waals surface area contributed by atoms with Gasteiger partial charge in [-0.3, -0.25) is 0 Å². The van der Waals surface area contributed by atoms with Gasteiger partial charge in [0.25, 0.3) is 0 Å². The molecule has 0 bridgehead atoms. The second-order valence-electron chi connectivity index (χ2n) is 18.0. The summed E-state index contributed by atoms with van der Waals surface area (Å²) in [5, 5.41) is 0.0243. The van der Waals surface area contributed by atoms with Crippen LogP contribution in [0.2, 0.25) is 37.8 Å². The maximum Gasteiger partial charge on any atom is 0.459 e. The number of benzene rings is 1. The Bertz CT molecular complexity index is 1370. The highest BCUT2D eigenvalue weighted by atomic mass is 28.4. The Hall–Kier alpha value is -1.38. The summed E-state index contributed by atoms with van der Waals surface area (Å²) in [4.78, 5) is 0. The molecule has 0 aliphatic heterocycles. The molecule has 0 N–H and O–H groups in total. The van der Waals surface area contributed by atoms with Crippen molar-refractivity contribution >= 4 is 16.6 Å². The van der Waals surface area contributed by atoms with Crippen molar-refractivity contribution in [2.45, 2.75) is 159 Å². The Balaban J connectivity index is 1.68. The van der Waals surface area contributed by atoms with E-state index in [1.54, 1.807) is 7.11 Å². The highest BCUT2D eigenvalue weighted by Crippen LogP contribution is 2.70. The van der Waals surface area contributed by atoms with Gasteiger partial charge in [-0.15, -0.1) is 6.58 Å². The number of hydrogen-bond donors (Lipinski definition) is 0. The van der Waals surface area contributed by atoms with Crippen molar-refractivity contribution in [3.8, 4) is 5.75 Å². The number of allylic oxidation sites excluding steroid dienone is 1. The van der Waals surface area contributed by atoms with Crippen molar-refractivity contribution in [3.63, 3.8) is 0 Å². The normalized spacial score (nSPS) is 29.9. The Morgan fingerprint density at radius 3 is 2.16 bits per heavy atom. The molecule has 1 aromatic carbocycles. The van der Waals surface area contributed by atoms with E-state index in [1.165, 1.54) is 30.8 Å². The molecule has 0 unspecified atom stereocenters. The van der Waals surface area contributed by atoms with E-state index < -0.39 is 47.2 Å². The number of aryl methyl sites for hydroxylation is 1. The summed E-state index contributed by atoms with van der Waals surface area (Å²) in [5.74, 6) is -10.4. The highest BCUT2D eigenvalue weighted by Gasteiger charge is 2.75. The quantitative estimate of drug-likeness (QED) is 0.0869. The molecule has 0 heterocycles. The first-order valence-corrected chi connectivity index (χ1v) is 24.5. The molecule has 3 nitrogen and oxygen atoms in total. The fourth-order valence-electron chi connectivity index (χ4n) is 9.38. The summed E-state index contributed by atoms with van der Waals surface area (Å²) >= 11 is 0. The molecule has 7 atom stereocenters. The van der Waals surface area contributed by atoms with E-state index in [0.717, 1.165) is 37.9 Å². The number of methoxy groups -OCH3 is 1. The van der Waals surface area contributed by atoms with Crippen LogP contribution in [0.3, 0.4) is 0 Å². The summed E-state index contributed by atoms with van der Waals surface area (Å²) in [5.41, 5.74) is 2.02. The lowest BCUT2D eigenvalue weighted by Gasteiger charge is -2.61. The zero-order valence-electron chi connectivity index (χ0n) is 31.6. The Morgan fingerprint density at radius 2 is 1.62 bits per heavy atom. The van der Waals surface area contributed by atoms with Gasteiger partial charge in [0.1, 0.15) is 11.9 Å². The molecule has 0 spiro atoms. The van der Waals surface area contributed by atoms with Crippen LogP contribution in [0, 0.1) is 22.7 Å². The molecule has 0 aromatic heterocycles.